The summed E-state index contributed by atoms with van der Waals surface area (Å²) in [6.07, 6.45) is 5.66. The number of fused-ring (bicyclic) bond motifs is 5. The zero-order chi connectivity index (χ0) is 20.4. The van der Waals surface area contributed by atoms with Crippen LogP contribution in [-0.2, 0) is 6.42 Å². The molecule has 2 unspecified atom stereocenters. The molecule has 0 saturated heterocycles. The molecule has 0 spiro atoms. The van der Waals surface area contributed by atoms with Crippen LogP contribution in [0.5, 0.6) is 5.75 Å². The normalized spacial score (nSPS) is 22.6. The van der Waals surface area contributed by atoms with Gasteiger partial charge in [-0.05, 0) is 73.2 Å². The average molecular weight is 505 g/mol. The quantitative estimate of drug-likeness (QED) is 0.349. The van der Waals surface area contributed by atoms with Gasteiger partial charge in [0.15, 0.2) is 0 Å². The van der Waals surface area contributed by atoms with Crippen molar-refractivity contribution in [2.75, 3.05) is 4.90 Å². The lowest BCUT2D eigenvalue weighted by molar-refractivity contribution is 0.168. The second-order valence-corrected chi connectivity index (χ2v) is 10.9. The standard InChI is InChI=1S/C24H20BrClFNOS/c25-15-11-17(27)23-19-10-14-9-16(26)5-6-18(14)28(19)24(29-20(23)12-15)22-8-7-21(30-22)13-3-1-2-4-13/h5-9,11-13,19,24H,1-4,10H2. The first-order valence-electron chi connectivity index (χ1n) is 10.4. The van der Waals surface area contributed by atoms with E-state index in [1.165, 1.54) is 41.5 Å². The first-order chi connectivity index (χ1) is 14.6. The van der Waals surface area contributed by atoms with Crippen LogP contribution in [0.1, 0.15) is 64.8 Å². The van der Waals surface area contributed by atoms with Gasteiger partial charge in [0.25, 0.3) is 0 Å². The fourth-order valence-electron chi connectivity index (χ4n) is 5.26. The molecular formula is C24H20BrClFNOS. The van der Waals surface area contributed by atoms with E-state index >= 15 is 4.39 Å². The number of hydrogen-bond acceptors (Lipinski definition) is 3. The molecule has 1 aromatic heterocycles. The minimum absolute atomic E-state index is 0.0997. The lowest BCUT2D eigenvalue weighted by Gasteiger charge is -2.40. The summed E-state index contributed by atoms with van der Waals surface area (Å²) in [4.78, 5) is 4.87. The van der Waals surface area contributed by atoms with Gasteiger partial charge < -0.3 is 9.64 Å². The topological polar surface area (TPSA) is 12.5 Å². The zero-order valence-electron chi connectivity index (χ0n) is 16.2. The second kappa shape index (κ2) is 7.25. The van der Waals surface area contributed by atoms with Crippen LogP contribution in [0.2, 0.25) is 5.02 Å². The molecule has 30 heavy (non-hydrogen) atoms. The predicted molar refractivity (Wildman–Crippen MR) is 123 cm³/mol. The first-order valence-corrected chi connectivity index (χ1v) is 12.4. The van der Waals surface area contributed by atoms with Crippen LogP contribution in [0.25, 0.3) is 0 Å². The molecule has 2 atom stereocenters. The fraction of sp³-hybridized carbons (Fsp3) is 0.333. The highest BCUT2D eigenvalue weighted by Crippen LogP contribution is 2.54. The molecule has 3 aliphatic rings. The summed E-state index contributed by atoms with van der Waals surface area (Å²) >= 11 is 11.6. The van der Waals surface area contributed by atoms with Gasteiger partial charge in [-0.25, -0.2) is 4.39 Å². The summed E-state index contributed by atoms with van der Waals surface area (Å²) in [5.41, 5.74) is 2.86. The van der Waals surface area contributed by atoms with E-state index in [4.69, 9.17) is 16.3 Å². The highest BCUT2D eigenvalue weighted by molar-refractivity contribution is 9.10. The maximum absolute atomic E-state index is 15.1. The monoisotopic (exact) mass is 503 g/mol. The van der Waals surface area contributed by atoms with Crippen LogP contribution in [-0.4, -0.2) is 0 Å². The van der Waals surface area contributed by atoms with Crippen LogP contribution in [0.4, 0.5) is 10.1 Å². The van der Waals surface area contributed by atoms with E-state index < -0.39 is 0 Å². The van der Waals surface area contributed by atoms with Crippen molar-refractivity contribution in [3.63, 3.8) is 0 Å². The molecule has 2 nitrogen and oxygen atoms in total. The van der Waals surface area contributed by atoms with Gasteiger partial charge in [0.2, 0.25) is 6.23 Å². The van der Waals surface area contributed by atoms with Crippen LogP contribution >= 0.6 is 38.9 Å². The van der Waals surface area contributed by atoms with Crippen LogP contribution < -0.4 is 9.64 Å². The Hall–Kier alpha value is -1.56. The van der Waals surface area contributed by atoms with Crippen LogP contribution in [0.3, 0.4) is 0 Å². The SMILES string of the molecule is Fc1cc(Br)cc2c1C1Cc3cc(Cl)ccc3N1C(c1ccc(C3CCCC3)s1)O2. The van der Waals surface area contributed by atoms with E-state index in [-0.39, 0.29) is 18.1 Å². The van der Waals surface area contributed by atoms with E-state index in [0.29, 0.717) is 26.7 Å². The molecule has 0 amide bonds. The summed E-state index contributed by atoms with van der Waals surface area (Å²) < 4.78 is 22.2. The molecule has 3 aromatic rings. The minimum Gasteiger partial charge on any atom is -0.465 e. The number of anilines is 1. The van der Waals surface area contributed by atoms with Gasteiger partial charge in [-0.15, -0.1) is 11.3 Å². The van der Waals surface area contributed by atoms with E-state index in [0.717, 1.165) is 17.7 Å². The summed E-state index contributed by atoms with van der Waals surface area (Å²) in [5.74, 6) is 1.07. The van der Waals surface area contributed by atoms with Crippen molar-refractivity contribution in [2.24, 2.45) is 0 Å². The smallest absolute Gasteiger partial charge is 0.208 e. The van der Waals surface area contributed by atoms with Gasteiger partial charge in [-0.2, -0.15) is 0 Å². The molecule has 2 aromatic carbocycles. The van der Waals surface area contributed by atoms with Crippen molar-refractivity contribution < 1.29 is 9.13 Å². The molecule has 6 rings (SSSR count). The Bertz CT molecular complexity index is 1140. The maximum atomic E-state index is 15.1. The maximum Gasteiger partial charge on any atom is 0.208 e. The Balaban J connectivity index is 1.48. The summed E-state index contributed by atoms with van der Waals surface area (Å²) in [6.45, 7) is 0. The third-order valence-corrected chi connectivity index (χ3v) is 8.57. The summed E-state index contributed by atoms with van der Waals surface area (Å²) in [7, 11) is 0. The Kier molecular flexibility index (Phi) is 4.63. The number of ether oxygens (including phenoxy) is 1. The molecule has 154 valence electrons. The van der Waals surface area contributed by atoms with Gasteiger partial charge in [-0.1, -0.05) is 40.4 Å². The first kappa shape index (κ1) is 19.1. The van der Waals surface area contributed by atoms with Crippen molar-refractivity contribution >= 4 is 44.6 Å². The minimum atomic E-state index is -0.265. The van der Waals surface area contributed by atoms with Crippen molar-refractivity contribution in [2.45, 2.75) is 50.3 Å². The highest BCUT2D eigenvalue weighted by atomic mass is 79.9. The Morgan fingerprint density at radius 1 is 1.07 bits per heavy atom. The van der Waals surface area contributed by atoms with E-state index in [2.05, 4.69) is 33.0 Å². The van der Waals surface area contributed by atoms with Gasteiger partial charge >= 0.3 is 0 Å². The van der Waals surface area contributed by atoms with Gasteiger partial charge in [0, 0.05) is 20.1 Å². The summed E-state index contributed by atoms with van der Waals surface area (Å²) in [6, 6.07) is 13.7. The molecular weight excluding hydrogens is 485 g/mol. The molecule has 6 heteroatoms. The van der Waals surface area contributed by atoms with Crippen LogP contribution in [0.15, 0.2) is 46.9 Å². The molecule has 0 N–H and O–H groups in total. The third-order valence-electron chi connectivity index (χ3n) is 6.60. The predicted octanol–water partition coefficient (Wildman–Crippen LogP) is 8.16. The lowest BCUT2D eigenvalue weighted by atomic mass is 9.99. The summed E-state index contributed by atoms with van der Waals surface area (Å²) in [5, 5.41) is 0.710. The van der Waals surface area contributed by atoms with Crippen molar-refractivity contribution in [3.05, 3.63) is 78.7 Å². The van der Waals surface area contributed by atoms with E-state index in [1.807, 2.05) is 35.6 Å². The Morgan fingerprint density at radius 3 is 2.70 bits per heavy atom. The molecule has 1 saturated carbocycles. The van der Waals surface area contributed by atoms with Crippen LogP contribution in [0, 0.1) is 5.82 Å². The van der Waals surface area contributed by atoms with E-state index in [9.17, 15) is 0 Å². The van der Waals surface area contributed by atoms with Crippen molar-refractivity contribution in [1.82, 2.24) is 0 Å². The Morgan fingerprint density at radius 2 is 1.87 bits per heavy atom. The number of thiophene rings is 1. The van der Waals surface area contributed by atoms with Gasteiger partial charge in [0.1, 0.15) is 11.6 Å². The molecule has 2 aliphatic heterocycles. The number of nitrogens with zero attached hydrogens (tertiary/aromatic N) is 1. The zero-order valence-corrected chi connectivity index (χ0v) is 19.4. The van der Waals surface area contributed by atoms with Gasteiger partial charge in [0.05, 0.1) is 16.5 Å². The highest BCUT2D eigenvalue weighted by Gasteiger charge is 2.44. The Labute approximate surface area is 192 Å². The largest absolute Gasteiger partial charge is 0.465 e. The fourth-order valence-corrected chi connectivity index (χ4v) is 7.07. The van der Waals surface area contributed by atoms with Gasteiger partial charge in [-0.3, -0.25) is 0 Å². The average Bonchev–Trinajstić information content (AvgIpc) is 3.45. The third kappa shape index (κ3) is 3.01. The molecule has 1 fully saturated rings. The number of benzene rings is 2. The molecule has 1 aliphatic carbocycles. The van der Waals surface area contributed by atoms with Crippen molar-refractivity contribution in [3.8, 4) is 5.75 Å². The number of rotatable bonds is 2. The second-order valence-electron chi connectivity index (χ2n) is 8.39. The van der Waals surface area contributed by atoms with E-state index in [1.54, 1.807) is 0 Å². The molecule has 0 bridgehead atoms. The van der Waals surface area contributed by atoms with Crippen molar-refractivity contribution in [1.29, 1.82) is 0 Å². The lowest BCUT2D eigenvalue weighted by Crippen LogP contribution is -2.37. The molecule has 0 radical (unpaired) electrons. The molecule has 3 heterocycles. The number of hydrogen-bond donors (Lipinski definition) is 0. The number of halogens is 3.